The minimum absolute atomic E-state index is 0.439. The number of amides is 2. The topological polar surface area (TPSA) is 74.3 Å². The van der Waals surface area contributed by atoms with Gasteiger partial charge in [0.1, 0.15) is 0 Å². The number of hydrogen-bond acceptors (Lipinski definition) is 5. The third kappa shape index (κ3) is 4.74. The molecule has 124 valence electrons. The monoisotopic (exact) mass is 334 g/mol. The molecule has 1 aromatic carbocycles. The van der Waals surface area contributed by atoms with Crippen molar-refractivity contribution in [1.29, 1.82) is 0 Å². The Morgan fingerprint density at radius 3 is 2.65 bits per heavy atom. The summed E-state index contributed by atoms with van der Waals surface area (Å²) in [5.74, 6) is -1.31. The van der Waals surface area contributed by atoms with Crippen LogP contribution in [0.5, 0.6) is 0 Å². The van der Waals surface area contributed by atoms with E-state index in [1.807, 2.05) is 25.1 Å². The second kappa shape index (κ2) is 8.03. The number of fused-ring (bicyclic) bond motifs is 1. The van der Waals surface area contributed by atoms with E-state index in [-0.39, 0.29) is 0 Å². The van der Waals surface area contributed by atoms with Gasteiger partial charge < -0.3 is 10.2 Å². The lowest BCUT2D eigenvalue weighted by Crippen LogP contribution is -2.40. The van der Waals surface area contributed by atoms with Crippen molar-refractivity contribution < 1.29 is 9.59 Å². The zero-order valence-electron chi connectivity index (χ0n) is 13.7. The molecule has 7 heteroatoms. The molecule has 1 heterocycles. The lowest BCUT2D eigenvalue weighted by atomic mass is 10.2. The van der Waals surface area contributed by atoms with Gasteiger partial charge in [0, 0.05) is 13.1 Å². The van der Waals surface area contributed by atoms with Crippen molar-refractivity contribution >= 4 is 38.5 Å². The van der Waals surface area contributed by atoms with Crippen LogP contribution < -0.4 is 10.6 Å². The molecule has 0 aliphatic heterocycles. The fourth-order valence-corrected chi connectivity index (χ4v) is 3.15. The minimum Gasteiger partial charge on any atom is -0.347 e. The van der Waals surface area contributed by atoms with E-state index in [2.05, 4.69) is 34.4 Å². The minimum atomic E-state index is -0.680. The van der Waals surface area contributed by atoms with Gasteiger partial charge in [0.2, 0.25) is 0 Å². The fourth-order valence-electron chi connectivity index (χ4n) is 2.19. The number of carbonyl (C=O) groups excluding carboxylic acids is 2. The first-order valence-electron chi connectivity index (χ1n) is 7.72. The normalized spacial score (nSPS) is 11.0. The largest absolute Gasteiger partial charge is 0.347 e. The van der Waals surface area contributed by atoms with Gasteiger partial charge in [-0.2, -0.15) is 0 Å². The molecule has 2 rings (SSSR count). The van der Waals surface area contributed by atoms with Crippen molar-refractivity contribution in [3.63, 3.8) is 0 Å². The number of nitrogens with zero attached hydrogens (tertiary/aromatic N) is 2. The number of nitrogens with one attached hydrogen (secondary N) is 2. The third-order valence-electron chi connectivity index (χ3n) is 3.58. The van der Waals surface area contributed by atoms with Crippen LogP contribution in [0.25, 0.3) is 10.2 Å². The van der Waals surface area contributed by atoms with E-state index in [1.165, 1.54) is 11.3 Å². The lowest BCUT2D eigenvalue weighted by molar-refractivity contribution is -0.136. The molecule has 0 bridgehead atoms. The highest BCUT2D eigenvalue weighted by molar-refractivity contribution is 7.22. The molecule has 0 unspecified atom stereocenters. The smallest absolute Gasteiger partial charge is 0.315 e. The van der Waals surface area contributed by atoms with E-state index < -0.39 is 11.8 Å². The van der Waals surface area contributed by atoms with Gasteiger partial charge >= 0.3 is 11.8 Å². The predicted octanol–water partition coefficient (Wildman–Crippen LogP) is 2.00. The molecular weight excluding hydrogens is 312 g/mol. The van der Waals surface area contributed by atoms with E-state index in [0.717, 1.165) is 35.4 Å². The van der Waals surface area contributed by atoms with Gasteiger partial charge in [-0.1, -0.05) is 31.3 Å². The molecule has 2 amide bonds. The van der Waals surface area contributed by atoms with E-state index in [1.54, 1.807) is 0 Å². The molecule has 0 atom stereocenters. The van der Waals surface area contributed by atoms with Gasteiger partial charge in [0.15, 0.2) is 5.13 Å². The van der Waals surface area contributed by atoms with Gasteiger partial charge in [-0.05, 0) is 37.7 Å². The number of thiazole rings is 1. The van der Waals surface area contributed by atoms with Crippen LogP contribution in [0.15, 0.2) is 18.2 Å². The van der Waals surface area contributed by atoms with Crippen LogP contribution in [0.3, 0.4) is 0 Å². The summed E-state index contributed by atoms with van der Waals surface area (Å²) in [6, 6.07) is 5.88. The Kier molecular flexibility index (Phi) is 6.06. The van der Waals surface area contributed by atoms with E-state index in [9.17, 15) is 9.59 Å². The number of carbonyl (C=O) groups is 2. The molecule has 0 aliphatic rings. The quantitative estimate of drug-likeness (QED) is 0.793. The Hall–Kier alpha value is -1.99. The summed E-state index contributed by atoms with van der Waals surface area (Å²) in [6.45, 7) is 9.15. The van der Waals surface area contributed by atoms with Gasteiger partial charge in [-0.15, -0.1) is 0 Å². The Labute approximate surface area is 139 Å². The van der Waals surface area contributed by atoms with Crippen molar-refractivity contribution in [3.8, 4) is 0 Å². The van der Waals surface area contributed by atoms with Crippen molar-refractivity contribution in [3.05, 3.63) is 23.8 Å². The molecule has 1 aromatic heterocycles. The molecule has 23 heavy (non-hydrogen) atoms. The van der Waals surface area contributed by atoms with Crippen LogP contribution >= 0.6 is 11.3 Å². The van der Waals surface area contributed by atoms with Crippen LogP contribution in [0, 0.1) is 6.92 Å². The first-order chi connectivity index (χ1) is 11.0. The average Bonchev–Trinajstić information content (AvgIpc) is 2.92. The predicted molar refractivity (Wildman–Crippen MR) is 93.8 cm³/mol. The Bertz CT molecular complexity index is 694. The molecule has 6 nitrogen and oxygen atoms in total. The van der Waals surface area contributed by atoms with Gasteiger partial charge in [0.25, 0.3) is 0 Å². The van der Waals surface area contributed by atoms with E-state index in [4.69, 9.17) is 0 Å². The second-order valence-electron chi connectivity index (χ2n) is 5.23. The lowest BCUT2D eigenvalue weighted by Gasteiger charge is -2.17. The fraction of sp³-hybridized carbons (Fsp3) is 0.438. The number of rotatable bonds is 6. The maximum absolute atomic E-state index is 11.9. The van der Waals surface area contributed by atoms with Crippen molar-refractivity contribution in [2.75, 3.05) is 31.5 Å². The summed E-state index contributed by atoms with van der Waals surface area (Å²) in [6.07, 6.45) is 0. The highest BCUT2D eigenvalue weighted by Crippen LogP contribution is 2.26. The summed E-state index contributed by atoms with van der Waals surface area (Å²) in [4.78, 5) is 30.2. The van der Waals surface area contributed by atoms with Crippen LogP contribution in [0.1, 0.15) is 19.4 Å². The van der Waals surface area contributed by atoms with Crippen LogP contribution in [0.2, 0.25) is 0 Å². The summed E-state index contributed by atoms with van der Waals surface area (Å²) in [5.41, 5.74) is 1.95. The Balaban J connectivity index is 1.88. The highest BCUT2D eigenvalue weighted by atomic mass is 32.1. The molecule has 0 fully saturated rings. The molecule has 0 spiro atoms. The molecule has 2 aromatic rings. The highest BCUT2D eigenvalue weighted by Gasteiger charge is 2.15. The van der Waals surface area contributed by atoms with Crippen molar-refractivity contribution in [1.82, 2.24) is 15.2 Å². The van der Waals surface area contributed by atoms with Gasteiger partial charge in [0.05, 0.1) is 10.2 Å². The summed E-state index contributed by atoms with van der Waals surface area (Å²) in [5, 5.41) is 5.63. The van der Waals surface area contributed by atoms with Crippen LogP contribution in [-0.4, -0.2) is 47.9 Å². The molecule has 0 aliphatic carbocycles. The van der Waals surface area contributed by atoms with E-state index >= 15 is 0 Å². The number of anilines is 1. The zero-order valence-corrected chi connectivity index (χ0v) is 14.5. The maximum Gasteiger partial charge on any atom is 0.315 e. The standard InChI is InChI=1S/C16H22N4O2S/c1-4-20(5-2)9-8-17-14(21)15(22)19-16-18-12-7-6-11(3)10-13(12)23-16/h6-7,10H,4-5,8-9H2,1-3H3,(H,17,21)(H,18,19,22). The zero-order chi connectivity index (χ0) is 16.8. The third-order valence-corrected chi connectivity index (χ3v) is 4.51. The molecule has 0 saturated carbocycles. The summed E-state index contributed by atoms with van der Waals surface area (Å²) < 4.78 is 0.988. The maximum atomic E-state index is 11.9. The van der Waals surface area contributed by atoms with Crippen molar-refractivity contribution in [2.45, 2.75) is 20.8 Å². The number of likely N-dealkylation sites (N-methyl/N-ethyl adjacent to an activating group) is 1. The molecule has 0 radical (unpaired) electrons. The second-order valence-corrected chi connectivity index (χ2v) is 6.26. The SMILES string of the molecule is CCN(CC)CCNC(=O)C(=O)Nc1nc2ccc(C)cc2s1. The first kappa shape index (κ1) is 17.4. The Morgan fingerprint density at radius 1 is 1.22 bits per heavy atom. The summed E-state index contributed by atoms with van der Waals surface area (Å²) in [7, 11) is 0. The number of benzene rings is 1. The summed E-state index contributed by atoms with van der Waals surface area (Å²) >= 11 is 1.36. The molecule has 2 N–H and O–H groups in total. The van der Waals surface area contributed by atoms with Crippen LogP contribution in [-0.2, 0) is 9.59 Å². The molecular formula is C16H22N4O2S. The number of aromatic nitrogens is 1. The van der Waals surface area contributed by atoms with Gasteiger partial charge in [-0.3, -0.25) is 14.9 Å². The van der Waals surface area contributed by atoms with Gasteiger partial charge in [-0.25, -0.2) is 4.98 Å². The first-order valence-corrected chi connectivity index (χ1v) is 8.53. The van der Waals surface area contributed by atoms with E-state index in [0.29, 0.717) is 11.7 Å². The number of hydrogen-bond donors (Lipinski definition) is 2. The van der Waals surface area contributed by atoms with Crippen molar-refractivity contribution in [2.24, 2.45) is 0 Å². The Morgan fingerprint density at radius 2 is 1.96 bits per heavy atom. The average molecular weight is 334 g/mol. The number of aryl methyl sites for hydroxylation is 1. The molecule has 0 saturated heterocycles. The van der Waals surface area contributed by atoms with Crippen LogP contribution in [0.4, 0.5) is 5.13 Å².